The molecule has 80 valence electrons. The SMILES string of the molecule is CC(=O)N1CCCc2cc(Br)c(I)cc21. The fourth-order valence-corrected chi connectivity index (χ4v) is 2.75. The van der Waals surface area contributed by atoms with Crippen molar-refractivity contribution in [1.29, 1.82) is 0 Å². The molecule has 0 spiro atoms. The zero-order valence-corrected chi connectivity index (χ0v) is 12.1. The Bertz CT molecular complexity index is 419. The summed E-state index contributed by atoms with van der Waals surface area (Å²) < 4.78 is 2.27. The molecule has 0 saturated heterocycles. The number of benzene rings is 1. The van der Waals surface area contributed by atoms with Crippen molar-refractivity contribution in [3.8, 4) is 0 Å². The van der Waals surface area contributed by atoms with Crippen molar-refractivity contribution in [2.75, 3.05) is 11.4 Å². The molecule has 15 heavy (non-hydrogen) atoms. The molecule has 2 nitrogen and oxygen atoms in total. The smallest absolute Gasteiger partial charge is 0.223 e. The number of fused-ring (bicyclic) bond motifs is 1. The van der Waals surface area contributed by atoms with E-state index >= 15 is 0 Å². The van der Waals surface area contributed by atoms with Gasteiger partial charge in [0.05, 0.1) is 0 Å². The molecule has 1 aliphatic heterocycles. The number of rotatable bonds is 0. The Morgan fingerprint density at radius 1 is 1.53 bits per heavy atom. The fraction of sp³-hybridized carbons (Fsp3) is 0.364. The predicted octanol–water partition coefficient (Wildman–Crippen LogP) is 3.35. The molecule has 0 unspecified atom stereocenters. The van der Waals surface area contributed by atoms with E-state index in [0.29, 0.717) is 0 Å². The maximum Gasteiger partial charge on any atom is 0.223 e. The van der Waals surface area contributed by atoms with E-state index in [0.717, 1.165) is 33.1 Å². The number of carbonyl (C=O) groups excluding carboxylic acids is 1. The molecule has 0 bridgehead atoms. The average molecular weight is 380 g/mol. The lowest BCUT2D eigenvalue weighted by molar-refractivity contribution is -0.116. The topological polar surface area (TPSA) is 20.3 Å². The van der Waals surface area contributed by atoms with Gasteiger partial charge in [-0.3, -0.25) is 4.79 Å². The summed E-state index contributed by atoms with van der Waals surface area (Å²) >= 11 is 5.80. The Labute approximate surface area is 111 Å². The van der Waals surface area contributed by atoms with Crippen molar-refractivity contribution in [2.45, 2.75) is 19.8 Å². The Balaban J connectivity index is 2.51. The van der Waals surface area contributed by atoms with E-state index in [1.807, 2.05) is 4.90 Å². The molecule has 0 aromatic heterocycles. The van der Waals surface area contributed by atoms with Gasteiger partial charge in [-0.05, 0) is 69.1 Å². The van der Waals surface area contributed by atoms with Crippen molar-refractivity contribution < 1.29 is 4.79 Å². The summed E-state index contributed by atoms with van der Waals surface area (Å²) in [6, 6.07) is 4.22. The second-order valence-corrected chi connectivity index (χ2v) is 5.69. The van der Waals surface area contributed by atoms with Crippen LogP contribution in [0.1, 0.15) is 18.9 Å². The first-order chi connectivity index (χ1) is 7.09. The molecule has 4 heteroatoms. The monoisotopic (exact) mass is 379 g/mol. The largest absolute Gasteiger partial charge is 0.312 e. The van der Waals surface area contributed by atoms with E-state index < -0.39 is 0 Å². The molecule has 0 N–H and O–H groups in total. The van der Waals surface area contributed by atoms with Crippen LogP contribution in [0.4, 0.5) is 5.69 Å². The lowest BCUT2D eigenvalue weighted by Gasteiger charge is -2.29. The van der Waals surface area contributed by atoms with Gasteiger partial charge in [0.1, 0.15) is 0 Å². The van der Waals surface area contributed by atoms with Crippen molar-refractivity contribution in [2.24, 2.45) is 0 Å². The lowest BCUT2D eigenvalue weighted by atomic mass is 10.0. The molecule has 1 aromatic rings. The van der Waals surface area contributed by atoms with Gasteiger partial charge < -0.3 is 4.90 Å². The van der Waals surface area contributed by atoms with Crippen molar-refractivity contribution in [3.63, 3.8) is 0 Å². The first-order valence-corrected chi connectivity index (χ1v) is 6.73. The molecular weight excluding hydrogens is 369 g/mol. The molecule has 2 rings (SSSR count). The average Bonchev–Trinajstić information content (AvgIpc) is 2.18. The first kappa shape index (κ1) is 11.4. The number of hydrogen-bond donors (Lipinski definition) is 0. The summed E-state index contributed by atoms with van der Waals surface area (Å²) in [6.07, 6.45) is 2.12. The van der Waals surface area contributed by atoms with Crippen LogP contribution in [0.15, 0.2) is 16.6 Å². The van der Waals surface area contributed by atoms with Crippen LogP contribution in [0.25, 0.3) is 0 Å². The molecule has 0 aliphatic carbocycles. The highest BCUT2D eigenvalue weighted by Gasteiger charge is 2.20. The van der Waals surface area contributed by atoms with Crippen LogP contribution in [0.3, 0.4) is 0 Å². The maximum atomic E-state index is 11.5. The Morgan fingerprint density at radius 3 is 2.93 bits per heavy atom. The van der Waals surface area contributed by atoms with Gasteiger partial charge in [-0.15, -0.1) is 0 Å². The molecular formula is C11H11BrINO. The summed E-state index contributed by atoms with van der Waals surface area (Å²) in [4.78, 5) is 13.3. The third-order valence-corrected chi connectivity index (χ3v) is 4.91. The Kier molecular flexibility index (Phi) is 3.35. The number of anilines is 1. The highest BCUT2D eigenvalue weighted by molar-refractivity contribution is 14.1. The zero-order valence-electron chi connectivity index (χ0n) is 8.39. The summed E-state index contributed by atoms with van der Waals surface area (Å²) in [5.41, 5.74) is 2.35. The normalized spacial score (nSPS) is 15.0. The molecule has 1 amide bonds. The Morgan fingerprint density at radius 2 is 2.27 bits per heavy atom. The molecule has 1 heterocycles. The molecule has 0 radical (unpaired) electrons. The minimum atomic E-state index is 0.133. The third kappa shape index (κ3) is 2.20. The van der Waals surface area contributed by atoms with Gasteiger partial charge in [0.15, 0.2) is 0 Å². The van der Waals surface area contributed by atoms with Gasteiger partial charge >= 0.3 is 0 Å². The van der Waals surface area contributed by atoms with Crippen LogP contribution < -0.4 is 4.90 Å². The predicted molar refractivity (Wildman–Crippen MR) is 73.2 cm³/mol. The Hall–Kier alpha value is -0.100. The quantitative estimate of drug-likeness (QED) is 0.633. The lowest BCUT2D eigenvalue weighted by Crippen LogP contribution is -2.33. The summed E-state index contributed by atoms with van der Waals surface area (Å²) in [5.74, 6) is 0.133. The molecule has 0 saturated carbocycles. The minimum absolute atomic E-state index is 0.133. The third-order valence-electron chi connectivity index (χ3n) is 2.62. The van der Waals surface area contributed by atoms with Crippen LogP contribution in [0.2, 0.25) is 0 Å². The minimum Gasteiger partial charge on any atom is -0.312 e. The van der Waals surface area contributed by atoms with E-state index in [4.69, 9.17) is 0 Å². The second kappa shape index (κ2) is 4.41. The van der Waals surface area contributed by atoms with Crippen molar-refractivity contribution in [1.82, 2.24) is 0 Å². The van der Waals surface area contributed by atoms with Crippen LogP contribution in [0.5, 0.6) is 0 Å². The summed E-state index contributed by atoms with van der Waals surface area (Å²) in [5, 5.41) is 0. The van der Waals surface area contributed by atoms with Gasteiger partial charge in [-0.1, -0.05) is 0 Å². The number of amides is 1. The molecule has 1 aliphatic rings. The van der Waals surface area contributed by atoms with Crippen LogP contribution in [0, 0.1) is 3.57 Å². The number of halogens is 2. The molecule has 0 atom stereocenters. The van der Waals surface area contributed by atoms with Crippen LogP contribution in [-0.2, 0) is 11.2 Å². The van der Waals surface area contributed by atoms with Crippen molar-refractivity contribution in [3.05, 3.63) is 25.7 Å². The van der Waals surface area contributed by atoms with Crippen LogP contribution in [-0.4, -0.2) is 12.5 Å². The number of aryl methyl sites for hydroxylation is 1. The van der Waals surface area contributed by atoms with E-state index in [9.17, 15) is 4.79 Å². The van der Waals surface area contributed by atoms with Crippen LogP contribution >= 0.6 is 38.5 Å². The first-order valence-electron chi connectivity index (χ1n) is 4.85. The standard InChI is InChI=1S/C11H11BrINO/c1-7(15)14-4-2-3-8-5-9(12)10(13)6-11(8)14/h5-6H,2-4H2,1H3. The van der Waals surface area contributed by atoms with Gasteiger partial charge in [-0.25, -0.2) is 0 Å². The summed E-state index contributed by atoms with van der Waals surface area (Å²) in [7, 11) is 0. The number of carbonyl (C=O) groups is 1. The highest BCUT2D eigenvalue weighted by atomic mass is 127. The van der Waals surface area contributed by atoms with Gasteiger partial charge in [-0.2, -0.15) is 0 Å². The van der Waals surface area contributed by atoms with Gasteiger partial charge in [0.25, 0.3) is 0 Å². The molecule has 0 fully saturated rings. The van der Waals surface area contributed by atoms with E-state index in [1.165, 1.54) is 5.56 Å². The van der Waals surface area contributed by atoms with Gasteiger partial charge in [0.2, 0.25) is 5.91 Å². The summed E-state index contributed by atoms with van der Waals surface area (Å²) in [6.45, 7) is 2.48. The van der Waals surface area contributed by atoms with Crippen molar-refractivity contribution >= 4 is 50.1 Å². The number of hydrogen-bond acceptors (Lipinski definition) is 1. The number of nitrogens with zero attached hydrogens (tertiary/aromatic N) is 1. The maximum absolute atomic E-state index is 11.5. The fourth-order valence-electron chi connectivity index (χ4n) is 1.90. The van der Waals surface area contributed by atoms with E-state index in [1.54, 1.807) is 6.92 Å². The zero-order chi connectivity index (χ0) is 11.0. The van der Waals surface area contributed by atoms with Gasteiger partial charge in [0, 0.05) is 27.2 Å². The van der Waals surface area contributed by atoms with E-state index in [2.05, 4.69) is 50.7 Å². The van der Waals surface area contributed by atoms with E-state index in [-0.39, 0.29) is 5.91 Å². The highest BCUT2D eigenvalue weighted by Crippen LogP contribution is 2.33. The second-order valence-electron chi connectivity index (χ2n) is 3.67. The molecule has 1 aromatic carbocycles.